The predicted molar refractivity (Wildman–Crippen MR) is 90.4 cm³/mol. The summed E-state index contributed by atoms with van der Waals surface area (Å²) in [5.41, 5.74) is 3.31. The van der Waals surface area contributed by atoms with Gasteiger partial charge in [0.2, 0.25) is 0 Å². The number of nitrogens with zero attached hydrogens (tertiary/aromatic N) is 1. The minimum atomic E-state index is 0.0371. The van der Waals surface area contributed by atoms with Gasteiger partial charge in [-0.2, -0.15) is 0 Å². The van der Waals surface area contributed by atoms with E-state index in [9.17, 15) is 0 Å². The van der Waals surface area contributed by atoms with E-state index in [1.165, 1.54) is 0 Å². The number of hydrogen-bond donors (Lipinski definition) is 1. The lowest BCUT2D eigenvalue weighted by Crippen LogP contribution is -2.14. The van der Waals surface area contributed by atoms with Gasteiger partial charge in [0.15, 0.2) is 0 Å². The molecule has 1 aromatic carbocycles. The van der Waals surface area contributed by atoms with Crippen molar-refractivity contribution in [1.82, 2.24) is 4.98 Å². The van der Waals surface area contributed by atoms with Gasteiger partial charge < -0.3 is 10.1 Å². The summed E-state index contributed by atoms with van der Waals surface area (Å²) >= 11 is 0. The number of anilines is 1. The molecule has 21 heavy (non-hydrogen) atoms. The topological polar surface area (TPSA) is 34.2 Å². The summed E-state index contributed by atoms with van der Waals surface area (Å²) in [5.74, 6) is 0.898. The molecule has 0 saturated carbocycles. The predicted octanol–water partition coefficient (Wildman–Crippen LogP) is 4.75. The number of pyridine rings is 1. The molecule has 1 aromatic heterocycles. The second-order valence-electron chi connectivity index (χ2n) is 6.34. The zero-order chi connectivity index (χ0) is 15.5. The van der Waals surface area contributed by atoms with Crippen molar-refractivity contribution < 1.29 is 4.74 Å². The molecule has 1 heterocycles. The average Bonchev–Trinajstić information content (AvgIpc) is 2.44. The lowest BCUT2D eigenvalue weighted by molar-refractivity contribution is 0.340. The van der Waals surface area contributed by atoms with Crippen LogP contribution in [0.1, 0.15) is 46.7 Å². The largest absolute Gasteiger partial charge is 0.494 e. The van der Waals surface area contributed by atoms with Crippen molar-refractivity contribution in [2.24, 2.45) is 0 Å². The Hall–Kier alpha value is -1.77. The Bertz CT molecular complexity index is 614. The van der Waals surface area contributed by atoms with Gasteiger partial charge in [-0.1, -0.05) is 27.7 Å². The van der Waals surface area contributed by atoms with E-state index in [1.54, 1.807) is 0 Å². The number of nitrogens with one attached hydrogen (secondary N) is 1. The number of rotatable bonds is 5. The van der Waals surface area contributed by atoms with E-state index in [0.717, 1.165) is 41.0 Å². The first-order chi connectivity index (χ1) is 9.95. The van der Waals surface area contributed by atoms with E-state index in [4.69, 9.17) is 9.72 Å². The molecule has 1 N–H and O–H groups in total. The molecular formula is C18H26N2O. The van der Waals surface area contributed by atoms with Crippen molar-refractivity contribution in [1.29, 1.82) is 0 Å². The van der Waals surface area contributed by atoms with Crippen LogP contribution in [0.15, 0.2) is 24.3 Å². The lowest BCUT2D eigenvalue weighted by atomic mass is 9.90. The van der Waals surface area contributed by atoms with Gasteiger partial charge in [-0.05, 0) is 37.6 Å². The van der Waals surface area contributed by atoms with Crippen LogP contribution in [0.5, 0.6) is 5.75 Å². The first-order valence-corrected chi connectivity index (χ1v) is 7.77. The molecule has 3 nitrogen and oxygen atoms in total. The van der Waals surface area contributed by atoms with Crippen molar-refractivity contribution in [2.75, 3.05) is 18.5 Å². The molecule has 0 atom stereocenters. The fourth-order valence-corrected chi connectivity index (χ4v) is 2.25. The minimum absolute atomic E-state index is 0.0371. The first-order valence-electron chi connectivity index (χ1n) is 7.77. The summed E-state index contributed by atoms with van der Waals surface area (Å²) in [4.78, 5) is 4.82. The van der Waals surface area contributed by atoms with Gasteiger partial charge in [0, 0.05) is 28.7 Å². The molecule has 2 aromatic rings. The first kappa shape index (κ1) is 15.6. The Morgan fingerprint density at radius 3 is 2.52 bits per heavy atom. The van der Waals surface area contributed by atoms with Crippen molar-refractivity contribution >= 4 is 16.6 Å². The van der Waals surface area contributed by atoms with Crippen molar-refractivity contribution in [2.45, 2.75) is 46.5 Å². The van der Waals surface area contributed by atoms with Gasteiger partial charge in [0.05, 0.1) is 12.1 Å². The van der Waals surface area contributed by atoms with Crippen molar-refractivity contribution in [3.8, 4) is 5.75 Å². The molecule has 0 bridgehead atoms. The van der Waals surface area contributed by atoms with Gasteiger partial charge in [-0.25, -0.2) is 0 Å². The van der Waals surface area contributed by atoms with E-state index < -0.39 is 0 Å². The van der Waals surface area contributed by atoms with Crippen LogP contribution in [0.25, 0.3) is 10.9 Å². The summed E-state index contributed by atoms with van der Waals surface area (Å²) in [6.07, 6.45) is 1.10. The van der Waals surface area contributed by atoms with E-state index in [-0.39, 0.29) is 5.41 Å². The molecule has 0 unspecified atom stereocenters. The summed E-state index contributed by atoms with van der Waals surface area (Å²) in [5, 5.41) is 4.65. The number of fused-ring (bicyclic) bond motifs is 1. The normalized spacial score (nSPS) is 11.7. The molecule has 0 aliphatic rings. The SMILES string of the molecule is CCCNc1cc(C(C)(C)C)nc2ccc(OCC)cc12. The maximum Gasteiger partial charge on any atom is 0.120 e. The van der Waals surface area contributed by atoms with Gasteiger partial charge in [-0.15, -0.1) is 0 Å². The lowest BCUT2D eigenvalue weighted by Gasteiger charge is -2.21. The van der Waals surface area contributed by atoms with E-state index in [2.05, 4.69) is 45.1 Å². The second-order valence-corrected chi connectivity index (χ2v) is 6.34. The molecule has 0 spiro atoms. The van der Waals surface area contributed by atoms with Crippen LogP contribution in [-0.4, -0.2) is 18.1 Å². The van der Waals surface area contributed by atoms with Gasteiger partial charge in [0.25, 0.3) is 0 Å². The molecular weight excluding hydrogens is 260 g/mol. The third-order valence-corrected chi connectivity index (χ3v) is 3.43. The number of aromatic nitrogens is 1. The van der Waals surface area contributed by atoms with Crippen molar-refractivity contribution in [3.05, 3.63) is 30.0 Å². The smallest absolute Gasteiger partial charge is 0.120 e. The van der Waals surface area contributed by atoms with E-state index >= 15 is 0 Å². The third-order valence-electron chi connectivity index (χ3n) is 3.43. The van der Waals surface area contributed by atoms with Gasteiger partial charge in [-0.3, -0.25) is 4.98 Å². The van der Waals surface area contributed by atoms with Crippen LogP contribution in [0.3, 0.4) is 0 Å². The molecule has 3 heteroatoms. The van der Waals surface area contributed by atoms with Crippen LogP contribution in [0, 0.1) is 0 Å². The summed E-state index contributed by atoms with van der Waals surface area (Å²) < 4.78 is 5.62. The highest BCUT2D eigenvalue weighted by Crippen LogP contribution is 2.31. The Balaban J connectivity index is 2.57. The Kier molecular flexibility index (Phi) is 4.71. The number of ether oxygens (including phenoxy) is 1. The fraction of sp³-hybridized carbons (Fsp3) is 0.500. The molecule has 0 amide bonds. The molecule has 0 saturated heterocycles. The quantitative estimate of drug-likeness (QED) is 0.861. The summed E-state index contributed by atoms with van der Waals surface area (Å²) in [7, 11) is 0. The van der Waals surface area contributed by atoms with E-state index in [0.29, 0.717) is 6.61 Å². The van der Waals surface area contributed by atoms with Crippen LogP contribution < -0.4 is 10.1 Å². The van der Waals surface area contributed by atoms with Gasteiger partial charge in [0.1, 0.15) is 5.75 Å². The standard InChI is InChI=1S/C18H26N2O/c1-6-10-19-16-12-17(18(3,4)5)20-15-9-8-13(21-7-2)11-14(15)16/h8-9,11-12H,6-7,10H2,1-5H3,(H,19,20). The van der Waals surface area contributed by atoms with Crippen LogP contribution in [-0.2, 0) is 5.41 Å². The van der Waals surface area contributed by atoms with Crippen LogP contribution in [0.2, 0.25) is 0 Å². The van der Waals surface area contributed by atoms with Crippen molar-refractivity contribution in [3.63, 3.8) is 0 Å². The van der Waals surface area contributed by atoms with Gasteiger partial charge >= 0.3 is 0 Å². The zero-order valence-corrected chi connectivity index (χ0v) is 13.8. The highest BCUT2D eigenvalue weighted by atomic mass is 16.5. The molecule has 0 fully saturated rings. The molecule has 114 valence electrons. The highest BCUT2D eigenvalue weighted by Gasteiger charge is 2.18. The maximum absolute atomic E-state index is 5.62. The second kappa shape index (κ2) is 6.33. The Labute approximate surface area is 127 Å². The number of hydrogen-bond acceptors (Lipinski definition) is 3. The van der Waals surface area contributed by atoms with Crippen LogP contribution >= 0.6 is 0 Å². The minimum Gasteiger partial charge on any atom is -0.494 e. The summed E-state index contributed by atoms with van der Waals surface area (Å²) in [6, 6.07) is 8.30. The summed E-state index contributed by atoms with van der Waals surface area (Å²) in [6.45, 7) is 12.4. The van der Waals surface area contributed by atoms with Crippen LogP contribution in [0.4, 0.5) is 5.69 Å². The zero-order valence-electron chi connectivity index (χ0n) is 13.8. The fourth-order valence-electron chi connectivity index (χ4n) is 2.25. The third kappa shape index (κ3) is 3.66. The molecule has 0 aliphatic heterocycles. The van der Waals surface area contributed by atoms with E-state index in [1.807, 2.05) is 19.1 Å². The maximum atomic E-state index is 5.62. The number of benzene rings is 1. The molecule has 2 rings (SSSR count). The molecule has 0 aliphatic carbocycles. The molecule has 0 radical (unpaired) electrons. The highest BCUT2D eigenvalue weighted by molar-refractivity contribution is 5.92. The average molecular weight is 286 g/mol. The monoisotopic (exact) mass is 286 g/mol. The Morgan fingerprint density at radius 1 is 1.14 bits per heavy atom. The Morgan fingerprint density at radius 2 is 1.90 bits per heavy atom.